The van der Waals surface area contributed by atoms with Gasteiger partial charge in [-0.25, -0.2) is 0 Å². The number of hydrogen-bond donors (Lipinski definition) is 0. The van der Waals surface area contributed by atoms with E-state index in [1.807, 2.05) is 13.0 Å². The number of allylic oxidation sites excluding steroid dienone is 2. The van der Waals surface area contributed by atoms with Gasteiger partial charge in [0.15, 0.2) is 16.6 Å². The summed E-state index contributed by atoms with van der Waals surface area (Å²) in [5.41, 5.74) is 0.344. The Balaban J connectivity index is 2.71. The molecule has 1 unspecified atom stereocenters. The summed E-state index contributed by atoms with van der Waals surface area (Å²) in [6.07, 6.45) is 7.87. The first-order chi connectivity index (χ1) is 12.6. The standard InChI is InChI=1S/C24H46O2Si2/c1-12-13-14-15-21-20-24(21,16-18-25-27(8,9)22(2,3)4)17-19-26-28(10,11)23(5,6)7/h14-15,21H,16-20H2,1-11H3/b15-14+. The van der Waals surface area contributed by atoms with Gasteiger partial charge in [0.05, 0.1) is 0 Å². The van der Waals surface area contributed by atoms with E-state index in [9.17, 15) is 0 Å². The number of rotatable bonds is 9. The van der Waals surface area contributed by atoms with Gasteiger partial charge in [-0.05, 0) is 79.9 Å². The third-order valence-electron chi connectivity index (χ3n) is 7.55. The van der Waals surface area contributed by atoms with Crippen LogP contribution >= 0.6 is 0 Å². The fraction of sp³-hybridized carbons (Fsp3) is 0.833. The molecule has 0 spiro atoms. The van der Waals surface area contributed by atoms with Gasteiger partial charge in [-0.1, -0.05) is 53.5 Å². The molecular formula is C24H46O2Si2. The zero-order valence-electron chi connectivity index (χ0n) is 20.6. The van der Waals surface area contributed by atoms with Crippen LogP contribution in [0.3, 0.4) is 0 Å². The lowest BCUT2D eigenvalue weighted by molar-refractivity contribution is 0.202. The van der Waals surface area contributed by atoms with Crippen molar-refractivity contribution in [3.05, 3.63) is 12.2 Å². The third kappa shape index (κ3) is 6.87. The van der Waals surface area contributed by atoms with Crippen molar-refractivity contribution in [2.75, 3.05) is 13.2 Å². The zero-order valence-corrected chi connectivity index (χ0v) is 22.6. The third-order valence-corrected chi connectivity index (χ3v) is 16.6. The van der Waals surface area contributed by atoms with E-state index < -0.39 is 16.6 Å². The summed E-state index contributed by atoms with van der Waals surface area (Å²) < 4.78 is 13.0. The second kappa shape index (κ2) is 9.20. The Bertz CT molecular complexity index is 563. The van der Waals surface area contributed by atoms with Gasteiger partial charge in [-0.2, -0.15) is 0 Å². The van der Waals surface area contributed by atoms with Gasteiger partial charge in [0.1, 0.15) is 0 Å². The highest BCUT2D eigenvalue weighted by Gasteiger charge is 2.52. The predicted molar refractivity (Wildman–Crippen MR) is 129 cm³/mol. The van der Waals surface area contributed by atoms with Crippen molar-refractivity contribution >= 4 is 16.6 Å². The van der Waals surface area contributed by atoms with E-state index in [-0.39, 0.29) is 10.1 Å². The van der Waals surface area contributed by atoms with Crippen LogP contribution in [0, 0.1) is 23.2 Å². The van der Waals surface area contributed by atoms with Gasteiger partial charge in [0, 0.05) is 13.2 Å². The van der Waals surface area contributed by atoms with Gasteiger partial charge in [-0.15, -0.1) is 5.92 Å². The molecule has 162 valence electrons. The summed E-state index contributed by atoms with van der Waals surface area (Å²) in [7, 11) is -3.36. The smallest absolute Gasteiger partial charge is 0.191 e. The second-order valence-corrected chi connectivity index (χ2v) is 21.3. The molecule has 1 fully saturated rings. The Labute approximate surface area is 178 Å². The maximum absolute atomic E-state index is 6.50. The highest BCUT2D eigenvalue weighted by Crippen LogP contribution is 2.59. The van der Waals surface area contributed by atoms with Crippen LogP contribution in [0.2, 0.25) is 36.3 Å². The lowest BCUT2D eigenvalue weighted by Crippen LogP contribution is -2.42. The molecule has 2 nitrogen and oxygen atoms in total. The van der Waals surface area contributed by atoms with Crippen molar-refractivity contribution in [3.63, 3.8) is 0 Å². The fourth-order valence-electron chi connectivity index (χ4n) is 3.05. The Morgan fingerprint density at radius 1 is 0.893 bits per heavy atom. The van der Waals surface area contributed by atoms with Crippen LogP contribution in [-0.4, -0.2) is 29.8 Å². The molecule has 1 saturated carbocycles. The molecule has 0 aromatic carbocycles. The maximum atomic E-state index is 6.50. The Kier molecular flexibility index (Phi) is 8.45. The normalized spacial score (nSPS) is 20.2. The van der Waals surface area contributed by atoms with Gasteiger partial charge >= 0.3 is 0 Å². The molecule has 0 aromatic rings. The molecule has 0 N–H and O–H groups in total. The van der Waals surface area contributed by atoms with Crippen molar-refractivity contribution in [2.45, 2.75) is 104 Å². The van der Waals surface area contributed by atoms with Crippen LogP contribution in [0.15, 0.2) is 12.2 Å². The molecule has 0 amide bonds. The molecule has 28 heavy (non-hydrogen) atoms. The first kappa shape index (κ1) is 25.7. The minimum absolute atomic E-state index is 0.269. The molecule has 0 radical (unpaired) electrons. The van der Waals surface area contributed by atoms with Gasteiger partial charge in [0.25, 0.3) is 0 Å². The molecule has 0 saturated heterocycles. The summed E-state index contributed by atoms with van der Waals surface area (Å²) >= 11 is 0. The van der Waals surface area contributed by atoms with Crippen LogP contribution < -0.4 is 0 Å². The van der Waals surface area contributed by atoms with Crippen LogP contribution in [-0.2, 0) is 8.85 Å². The minimum atomic E-state index is -1.68. The fourth-order valence-corrected chi connectivity index (χ4v) is 5.14. The summed E-state index contributed by atoms with van der Waals surface area (Å²) in [5.74, 6) is 6.67. The molecule has 0 bridgehead atoms. The molecule has 4 heteroatoms. The maximum Gasteiger partial charge on any atom is 0.191 e. The van der Waals surface area contributed by atoms with Crippen molar-refractivity contribution in [3.8, 4) is 11.8 Å². The first-order valence-electron chi connectivity index (χ1n) is 10.9. The zero-order chi connectivity index (χ0) is 21.9. The van der Waals surface area contributed by atoms with Gasteiger partial charge in [0.2, 0.25) is 0 Å². The minimum Gasteiger partial charge on any atom is -0.417 e. The average Bonchev–Trinajstić information content (AvgIpc) is 3.17. The van der Waals surface area contributed by atoms with E-state index in [1.54, 1.807) is 0 Å². The largest absolute Gasteiger partial charge is 0.417 e. The lowest BCUT2D eigenvalue weighted by atomic mass is 9.95. The molecule has 0 heterocycles. The highest BCUT2D eigenvalue weighted by molar-refractivity contribution is 6.74. The molecule has 0 aromatic heterocycles. The first-order valence-corrected chi connectivity index (χ1v) is 16.8. The van der Waals surface area contributed by atoms with E-state index in [4.69, 9.17) is 8.85 Å². The molecule has 1 aliphatic rings. The van der Waals surface area contributed by atoms with Crippen LogP contribution in [0.4, 0.5) is 0 Å². The van der Waals surface area contributed by atoms with Crippen molar-refractivity contribution in [2.24, 2.45) is 11.3 Å². The van der Waals surface area contributed by atoms with E-state index in [0.717, 1.165) is 26.1 Å². The molecular weight excluding hydrogens is 376 g/mol. The quantitative estimate of drug-likeness (QED) is 0.285. The molecule has 1 aliphatic carbocycles. The van der Waals surface area contributed by atoms with Crippen molar-refractivity contribution in [1.82, 2.24) is 0 Å². The van der Waals surface area contributed by atoms with E-state index in [1.165, 1.54) is 6.42 Å². The second-order valence-electron chi connectivity index (χ2n) is 11.6. The Morgan fingerprint density at radius 3 is 1.68 bits per heavy atom. The van der Waals surface area contributed by atoms with E-state index >= 15 is 0 Å². The molecule has 1 rings (SSSR count). The van der Waals surface area contributed by atoms with Gasteiger partial charge < -0.3 is 8.85 Å². The van der Waals surface area contributed by atoms with E-state index in [2.05, 4.69) is 85.6 Å². The van der Waals surface area contributed by atoms with Crippen molar-refractivity contribution in [1.29, 1.82) is 0 Å². The predicted octanol–water partition coefficient (Wildman–Crippen LogP) is 7.40. The SMILES string of the molecule is CC#C/C=C/C1CC1(CCO[Si](C)(C)C(C)(C)C)CCO[Si](C)(C)C(C)(C)C. The van der Waals surface area contributed by atoms with Crippen LogP contribution in [0.1, 0.15) is 67.7 Å². The highest BCUT2D eigenvalue weighted by atomic mass is 28.4. The Morgan fingerprint density at radius 2 is 1.32 bits per heavy atom. The molecule has 1 atom stereocenters. The summed E-state index contributed by atoms with van der Waals surface area (Å²) in [4.78, 5) is 0. The average molecular weight is 423 g/mol. The van der Waals surface area contributed by atoms with Gasteiger partial charge in [-0.3, -0.25) is 0 Å². The summed E-state index contributed by atoms with van der Waals surface area (Å²) in [6.45, 7) is 26.9. The lowest BCUT2D eigenvalue weighted by Gasteiger charge is -2.37. The van der Waals surface area contributed by atoms with Crippen LogP contribution in [0.5, 0.6) is 0 Å². The topological polar surface area (TPSA) is 18.5 Å². The van der Waals surface area contributed by atoms with E-state index in [0.29, 0.717) is 11.3 Å². The monoisotopic (exact) mass is 422 g/mol. The van der Waals surface area contributed by atoms with Crippen molar-refractivity contribution < 1.29 is 8.85 Å². The molecule has 0 aliphatic heterocycles. The summed E-state index contributed by atoms with van der Waals surface area (Å²) in [5, 5.41) is 0.538. The summed E-state index contributed by atoms with van der Waals surface area (Å²) in [6, 6.07) is 0. The Hall–Kier alpha value is -0.346. The number of hydrogen-bond acceptors (Lipinski definition) is 2. The van der Waals surface area contributed by atoms with Crippen LogP contribution in [0.25, 0.3) is 0 Å².